The van der Waals surface area contributed by atoms with Gasteiger partial charge in [-0.05, 0) is 26.3 Å². The summed E-state index contributed by atoms with van der Waals surface area (Å²) in [5, 5.41) is 6.64. The lowest BCUT2D eigenvalue weighted by molar-refractivity contribution is 0.163. The van der Waals surface area contributed by atoms with Crippen molar-refractivity contribution < 1.29 is 4.42 Å². The molecule has 1 aromatic heterocycles. The van der Waals surface area contributed by atoms with E-state index in [2.05, 4.69) is 53.2 Å². The minimum Gasteiger partial charge on any atom is -0.443 e. The van der Waals surface area contributed by atoms with Gasteiger partial charge in [0.1, 0.15) is 5.76 Å². The van der Waals surface area contributed by atoms with Crippen LogP contribution in [0.25, 0.3) is 0 Å². The molecule has 0 saturated carbocycles. The van der Waals surface area contributed by atoms with Gasteiger partial charge in [-0.2, -0.15) is 0 Å². The molecule has 1 aliphatic rings. The van der Waals surface area contributed by atoms with Gasteiger partial charge < -0.3 is 15.1 Å². The normalized spacial score (nSPS) is 19.4. The highest BCUT2D eigenvalue weighted by Crippen LogP contribution is 2.22. The summed E-state index contributed by atoms with van der Waals surface area (Å²) >= 11 is 0. The van der Waals surface area contributed by atoms with Gasteiger partial charge in [0.15, 0.2) is 5.96 Å². The average molecular weight is 463 g/mol. The first-order chi connectivity index (χ1) is 11.4. The molecule has 0 radical (unpaired) electrons. The van der Waals surface area contributed by atoms with Gasteiger partial charge in [0.2, 0.25) is 5.89 Å². The molecule has 0 aliphatic carbocycles. The fourth-order valence-electron chi connectivity index (χ4n) is 2.93. The molecule has 1 saturated heterocycles. The molecule has 25 heavy (non-hydrogen) atoms. The molecule has 2 N–H and O–H groups in total. The molecule has 2 heterocycles. The highest BCUT2D eigenvalue weighted by Gasteiger charge is 2.19. The van der Waals surface area contributed by atoms with Crippen LogP contribution in [0.5, 0.6) is 0 Å². The SMILES string of the molecule is CN=C(NCCN1CCCCC1C)NCc1ncc(C(C)(C)C)o1.I. The molecule has 0 aromatic carbocycles. The molecule has 6 nitrogen and oxygen atoms in total. The second kappa shape index (κ2) is 10.4. The highest BCUT2D eigenvalue weighted by molar-refractivity contribution is 14.0. The summed E-state index contributed by atoms with van der Waals surface area (Å²) in [4.78, 5) is 11.1. The smallest absolute Gasteiger partial charge is 0.213 e. The predicted molar refractivity (Wildman–Crippen MR) is 114 cm³/mol. The van der Waals surface area contributed by atoms with Crippen molar-refractivity contribution in [2.75, 3.05) is 26.7 Å². The van der Waals surface area contributed by atoms with Crippen LogP contribution in [0.4, 0.5) is 0 Å². The van der Waals surface area contributed by atoms with E-state index >= 15 is 0 Å². The van der Waals surface area contributed by atoms with Crippen LogP contribution in [-0.2, 0) is 12.0 Å². The van der Waals surface area contributed by atoms with Gasteiger partial charge in [-0.25, -0.2) is 4.98 Å². The van der Waals surface area contributed by atoms with Crippen LogP contribution in [-0.4, -0.2) is 48.6 Å². The number of rotatable bonds is 5. The van der Waals surface area contributed by atoms with Crippen molar-refractivity contribution in [3.8, 4) is 0 Å². The maximum Gasteiger partial charge on any atom is 0.213 e. The molecule has 0 amide bonds. The van der Waals surface area contributed by atoms with Crippen LogP contribution in [0.3, 0.4) is 0 Å². The van der Waals surface area contributed by atoms with Gasteiger partial charge in [0.25, 0.3) is 0 Å². The Kier molecular flexibility index (Phi) is 9.20. The molecule has 2 rings (SSSR count). The zero-order chi connectivity index (χ0) is 17.6. The first-order valence-electron chi connectivity index (χ1n) is 9.04. The van der Waals surface area contributed by atoms with E-state index < -0.39 is 0 Å². The minimum atomic E-state index is -0.0175. The van der Waals surface area contributed by atoms with Crippen LogP contribution in [0.15, 0.2) is 15.6 Å². The summed E-state index contributed by atoms with van der Waals surface area (Å²) in [5.74, 6) is 2.38. The van der Waals surface area contributed by atoms with E-state index in [-0.39, 0.29) is 29.4 Å². The van der Waals surface area contributed by atoms with Crippen molar-refractivity contribution in [2.24, 2.45) is 4.99 Å². The van der Waals surface area contributed by atoms with E-state index in [1.165, 1.54) is 25.8 Å². The van der Waals surface area contributed by atoms with E-state index in [0.29, 0.717) is 18.5 Å². The first kappa shape index (κ1) is 22.2. The number of aromatic nitrogens is 1. The number of oxazole rings is 1. The monoisotopic (exact) mass is 463 g/mol. The summed E-state index contributed by atoms with van der Waals surface area (Å²) in [7, 11) is 1.79. The van der Waals surface area contributed by atoms with Gasteiger partial charge in [-0.15, -0.1) is 24.0 Å². The summed E-state index contributed by atoms with van der Waals surface area (Å²) < 4.78 is 5.79. The lowest BCUT2D eigenvalue weighted by Crippen LogP contribution is -2.45. The van der Waals surface area contributed by atoms with Crippen LogP contribution >= 0.6 is 24.0 Å². The lowest BCUT2D eigenvalue weighted by atomic mass is 9.94. The molecular formula is C18H34IN5O. The van der Waals surface area contributed by atoms with Crippen molar-refractivity contribution in [1.82, 2.24) is 20.5 Å². The van der Waals surface area contributed by atoms with Crippen molar-refractivity contribution in [2.45, 2.75) is 65.0 Å². The Bertz CT molecular complexity index is 538. The Morgan fingerprint density at radius 3 is 2.72 bits per heavy atom. The summed E-state index contributed by atoms with van der Waals surface area (Å²) in [6, 6.07) is 0.693. The third-order valence-corrected chi connectivity index (χ3v) is 4.56. The van der Waals surface area contributed by atoms with Gasteiger partial charge >= 0.3 is 0 Å². The van der Waals surface area contributed by atoms with E-state index in [4.69, 9.17) is 4.42 Å². The van der Waals surface area contributed by atoms with Crippen LogP contribution in [0.2, 0.25) is 0 Å². The minimum absolute atomic E-state index is 0. The van der Waals surface area contributed by atoms with Crippen LogP contribution < -0.4 is 10.6 Å². The Morgan fingerprint density at radius 2 is 2.12 bits per heavy atom. The Labute approximate surface area is 169 Å². The van der Waals surface area contributed by atoms with Crippen LogP contribution in [0.1, 0.15) is 58.6 Å². The van der Waals surface area contributed by atoms with Gasteiger partial charge in [-0.3, -0.25) is 9.89 Å². The number of aliphatic imine (C=N–C) groups is 1. The van der Waals surface area contributed by atoms with Crippen molar-refractivity contribution in [3.63, 3.8) is 0 Å². The number of nitrogens with one attached hydrogen (secondary N) is 2. The first-order valence-corrected chi connectivity index (χ1v) is 9.04. The van der Waals surface area contributed by atoms with Crippen molar-refractivity contribution in [1.29, 1.82) is 0 Å². The molecule has 0 bridgehead atoms. The Balaban J connectivity index is 0.00000312. The maximum absolute atomic E-state index is 5.79. The largest absolute Gasteiger partial charge is 0.443 e. The van der Waals surface area contributed by atoms with Crippen molar-refractivity contribution in [3.05, 3.63) is 17.8 Å². The molecule has 1 aromatic rings. The number of hydrogen-bond donors (Lipinski definition) is 2. The quantitative estimate of drug-likeness (QED) is 0.399. The van der Waals surface area contributed by atoms with E-state index in [0.717, 1.165) is 24.8 Å². The number of piperidine rings is 1. The Hall–Kier alpha value is -0.830. The average Bonchev–Trinajstić information content (AvgIpc) is 3.01. The number of nitrogens with zero attached hydrogens (tertiary/aromatic N) is 3. The van der Waals surface area contributed by atoms with E-state index in [1.807, 2.05) is 6.20 Å². The lowest BCUT2D eigenvalue weighted by Gasteiger charge is -2.33. The topological polar surface area (TPSA) is 65.7 Å². The summed E-state index contributed by atoms with van der Waals surface area (Å²) in [6.07, 6.45) is 5.80. The molecule has 7 heteroatoms. The molecule has 0 spiro atoms. The van der Waals surface area contributed by atoms with Gasteiger partial charge in [0, 0.05) is 31.6 Å². The van der Waals surface area contributed by atoms with E-state index in [1.54, 1.807) is 7.05 Å². The maximum atomic E-state index is 5.79. The zero-order valence-electron chi connectivity index (χ0n) is 16.3. The number of hydrogen-bond acceptors (Lipinski definition) is 4. The molecule has 1 unspecified atom stereocenters. The second-order valence-corrected chi connectivity index (χ2v) is 7.60. The van der Waals surface area contributed by atoms with Crippen molar-refractivity contribution >= 4 is 29.9 Å². The summed E-state index contributed by atoms with van der Waals surface area (Å²) in [6.45, 7) is 12.4. The van der Waals surface area contributed by atoms with Gasteiger partial charge in [-0.1, -0.05) is 27.2 Å². The van der Waals surface area contributed by atoms with E-state index in [9.17, 15) is 0 Å². The molecule has 1 aliphatic heterocycles. The zero-order valence-corrected chi connectivity index (χ0v) is 18.6. The number of guanidine groups is 1. The van der Waals surface area contributed by atoms with Crippen LogP contribution in [0, 0.1) is 0 Å². The molecular weight excluding hydrogens is 429 g/mol. The molecule has 1 atom stereocenters. The second-order valence-electron chi connectivity index (χ2n) is 7.60. The van der Waals surface area contributed by atoms with Gasteiger partial charge in [0.05, 0.1) is 12.7 Å². The third-order valence-electron chi connectivity index (χ3n) is 4.56. The Morgan fingerprint density at radius 1 is 1.36 bits per heavy atom. The number of halogens is 1. The standard InChI is InChI=1S/C18H33N5O.HI/c1-14-8-6-7-10-23(14)11-9-20-17(19-5)22-13-16-21-12-15(24-16)18(2,3)4;/h12,14H,6-11,13H2,1-5H3,(H2,19,20,22);1H. The number of likely N-dealkylation sites (tertiary alicyclic amines) is 1. The molecule has 144 valence electrons. The fourth-order valence-corrected chi connectivity index (χ4v) is 2.93. The summed E-state index contributed by atoms with van der Waals surface area (Å²) in [5.41, 5.74) is -0.0175. The predicted octanol–water partition coefficient (Wildman–Crippen LogP) is 3.13. The highest BCUT2D eigenvalue weighted by atomic mass is 127. The third kappa shape index (κ3) is 7.13. The fraction of sp³-hybridized carbons (Fsp3) is 0.778. The molecule has 1 fully saturated rings.